The van der Waals surface area contributed by atoms with Crippen LogP contribution in [-0.4, -0.2) is 48.1 Å². The number of hydrogen-bond donors (Lipinski definition) is 2. The fourth-order valence-corrected chi connectivity index (χ4v) is 3.24. The Kier molecular flexibility index (Phi) is 5.73. The smallest absolute Gasteiger partial charge is 0.282 e. The molecular weight excluding hydrogens is 361 g/mol. The molecule has 1 aromatic carbocycles. The molecule has 1 amide bonds. The van der Waals surface area contributed by atoms with Crippen LogP contribution in [0.1, 0.15) is 6.92 Å². The Hall–Kier alpha value is -1.89. The van der Waals surface area contributed by atoms with Crippen LogP contribution in [0.4, 0.5) is 11.6 Å². The quantitative estimate of drug-likeness (QED) is 0.843. The topological polar surface area (TPSA) is 62.6 Å². The normalized spacial score (nSPS) is 16.5. The van der Waals surface area contributed by atoms with Crippen molar-refractivity contribution in [1.29, 1.82) is 0 Å². The van der Waals surface area contributed by atoms with E-state index >= 15 is 0 Å². The molecule has 2 N–H and O–H groups in total. The molecule has 3 rings (SSSR count). The SMILES string of the molecule is C[C@@H](C(=O)Nc1cc(Cl)ccc1Cl)[NH+]1CCN(c2ncccn2)CC1. The van der Waals surface area contributed by atoms with Gasteiger partial charge in [0.1, 0.15) is 0 Å². The van der Waals surface area contributed by atoms with E-state index in [1.165, 1.54) is 4.90 Å². The second-order valence-electron chi connectivity index (χ2n) is 6.03. The number of quaternary nitrogens is 1. The Morgan fingerprint density at radius 2 is 1.92 bits per heavy atom. The van der Waals surface area contributed by atoms with Gasteiger partial charge >= 0.3 is 0 Å². The highest BCUT2D eigenvalue weighted by atomic mass is 35.5. The lowest BCUT2D eigenvalue weighted by Gasteiger charge is -2.34. The Labute approximate surface area is 156 Å². The lowest BCUT2D eigenvalue weighted by molar-refractivity contribution is -0.914. The Morgan fingerprint density at radius 3 is 2.60 bits per heavy atom. The molecule has 0 unspecified atom stereocenters. The van der Waals surface area contributed by atoms with Gasteiger partial charge in [-0.2, -0.15) is 0 Å². The number of rotatable bonds is 4. The molecule has 0 aliphatic carbocycles. The third kappa shape index (κ3) is 4.39. The first-order valence-electron chi connectivity index (χ1n) is 8.17. The molecule has 1 atom stereocenters. The maximum absolute atomic E-state index is 12.6. The van der Waals surface area contributed by atoms with Gasteiger partial charge in [-0.1, -0.05) is 23.2 Å². The highest BCUT2D eigenvalue weighted by Gasteiger charge is 2.30. The molecule has 1 aliphatic heterocycles. The number of piperazine rings is 1. The van der Waals surface area contributed by atoms with Crippen molar-refractivity contribution in [2.45, 2.75) is 13.0 Å². The summed E-state index contributed by atoms with van der Waals surface area (Å²) in [6.07, 6.45) is 3.48. The summed E-state index contributed by atoms with van der Waals surface area (Å²) in [5, 5.41) is 3.89. The molecule has 132 valence electrons. The minimum Gasteiger partial charge on any atom is -0.330 e. The number of nitrogens with one attached hydrogen (secondary N) is 2. The molecular formula is C17H20Cl2N5O+. The van der Waals surface area contributed by atoms with E-state index in [0.717, 1.165) is 32.1 Å². The number of carbonyl (C=O) groups is 1. The number of nitrogens with zero attached hydrogens (tertiary/aromatic N) is 3. The number of halogens is 2. The van der Waals surface area contributed by atoms with Gasteiger partial charge in [-0.15, -0.1) is 0 Å². The predicted molar refractivity (Wildman–Crippen MR) is 99.5 cm³/mol. The number of hydrogen-bond acceptors (Lipinski definition) is 4. The number of aromatic nitrogens is 2. The van der Waals surface area contributed by atoms with Crippen molar-refractivity contribution in [3.8, 4) is 0 Å². The lowest BCUT2D eigenvalue weighted by Crippen LogP contribution is -3.19. The molecule has 8 heteroatoms. The third-order valence-corrected chi connectivity index (χ3v) is 5.00. The first-order chi connectivity index (χ1) is 12.0. The zero-order valence-electron chi connectivity index (χ0n) is 13.9. The van der Waals surface area contributed by atoms with E-state index in [4.69, 9.17) is 23.2 Å². The van der Waals surface area contributed by atoms with E-state index in [2.05, 4.69) is 20.2 Å². The summed E-state index contributed by atoms with van der Waals surface area (Å²) in [6, 6.07) is 6.65. The highest BCUT2D eigenvalue weighted by Crippen LogP contribution is 2.25. The molecule has 0 saturated carbocycles. The second kappa shape index (κ2) is 7.99. The largest absolute Gasteiger partial charge is 0.330 e. The molecule has 25 heavy (non-hydrogen) atoms. The molecule has 1 aromatic heterocycles. The maximum atomic E-state index is 12.6. The van der Waals surface area contributed by atoms with Crippen molar-refractivity contribution in [1.82, 2.24) is 9.97 Å². The van der Waals surface area contributed by atoms with Gasteiger partial charge in [0.05, 0.1) is 36.9 Å². The maximum Gasteiger partial charge on any atom is 0.282 e. The zero-order chi connectivity index (χ0) is 17.8. The van der Waals surface area contributed by atoms with Crippen LogP contribution >= 0.6 is 23.2 Å². The van der Waals surface area contributed by atoms with Gasteiger partial charge in [-0.3, -0.25) is 4.79 Å². The van der Waals surface area contributed by atoms with E-state index in [1.54, 1.807) is 36.7 Å². The number of amides is 1. The van der Waals surface area contributed by atoms with Crippen molar-refractivity contribution in [3.63, 3.8) is 0 Å². The molecule has 0 spiro atoms. The highest BCUT2D eigenvalue weighted by molar-refractivity contribution is 6.35. The molecule has 1 fully saturated rings. The van der Waals surface area contributed by atoms with Gasteiger partial charge in [0.2, 0.25) is 5.95 Å². The summed E-state index contributed by atoms with van der Waals surface area (Å²) in [6.45, 7) is 5.24. The number of benzene rings is 1. The van der Waals surface area contributed by atoms with Gasteiger partial charge < -0.3 is 15.1 Å². The number of carbonyl (C=O) groups excluding carboxylic acids is 1. The summed E-state index contributed by atoms with van der Waals surface area (Å²) in [4.78, 5) is 24.5. The zero-order valence-corrected chi connectivity index (χ0v) is 15.4. The average molecular weight is 381 g/mol. The van der Waals surface area contributed by atoms with E-state index in [1.807, 2.05) is 6.92 Å². The van der Waals surface area contributed by atoms with E-state index in [0.29, 0.717) is 15.7 Å². The number of anilines is 2. The van der Waals surface area contributed by atoms with Crippen molar-refractivity contribution in [2.24, 2.45) is 0 Å². The average Bonchev–Trinajstić information content (AvgIpc) is 2.65. The molecule has 1 aliphatic rings. The third-order valence-electron chi connectivity index (χ3n) is 4.43. The van der Waals surface area contributed by atoms with Crippen molar-refractivity contribution >= 4 is 40.7 Å². The first kappa shape index (κ1) is 17.9. The Balaban J connectivity index is 1.57. The van der Waals surface area contributed by atoms with Crippen LogP contribution in [0.3, 0.4) is 0 Å². The fraction of sp³-hybridized carbons (Fsp3) is 0.353. The van der Waals surface area contributed by atoms with Crippen LogP contribution in [0.5, 0.6) is 0 Å². The van der Waals surface area contributed by atoms with Gasteiger partial charge in [0.15, 0.2) is 6.04 Å². The van der Waals surface area contributed by atoms with Gasteiger partial charge in [0.25, 0.3) is 5.91 Å². The van der Waals surface area contributed by atoms with Crippen LogP contribution in [0, 0.1) is 0 Å². The fourth-order valence-electron chi connectivity index (χ4n) is 2.90. The lowest BCUT2D eigenvalue weighted by atomic mass is 10.2. The van der Waals surface area contributed by atoms with Gasteiger partial charge in [0, 0.05) is 17.4 Å². The monoisotopic (exact) mass is 380 g/mol. The first-order valence-corrected chi connectivity index (χ1v) is 8.92. The standard InChI is InChI=1S/C17H19Cl2N5O/c1-12(16(25)22-15-11-13(18)3-4-14(15)19)23-7-9-24(10-8-23)17-20-5-2-6-21-17/h2-6,11-12H,7-10H2,1H3,(H,22,25)/p+1/t12-/m0/s1. The van der Waals surface area contributed by atoms with E-state index in [-0.39, 0.29) is 11.9 Å². The summed E-state index contributed by atoms with van der Waals surface area (Å²) < 4.78 is 0. The van der Waals surface area contributed by atoms with Crippen LogP contribution in [0.15, 0.2) is 36.7 Å². The van der Waals surface area contributed by atoms with Crippen LogP contribution in [0.2, 0.25) is 10.0 Å². The summed E-state index contributed by atoms with van der Waals surface area (Å²) in [7, 11) is 0. The molecule has 6 nitrogen and oxygen atoms in total. The molecule has 2 aromatic rings. The molecule has 0 radical (unpaired) electrons. The van der Waals surface area contributed by atoms with Crippen LogP contribution in [0.25, 0.3) is 0 Å². The summed E-state index contributed by atoms with van der Waals surface area (Å²) >= 11 is 12.1. The van der Waals surface area contributed by atoms with Gasteiger partial charge in [-0.05, 0) is 31.2 Å². The van der Waals surface area contributed by atoms with E-state index in [9.17, 15) is 4.79 Å². The van der Waals surface area contributed by atoms with Crippen LogP contribution in [-0.2, 0) is 4.79 Å². The van der Waals surface area contributed by atoms with Crippen molar-refractivity contribution in [3.05, 3.63) is 46.7 Å². The minimum absolute atomic E-state index is 0.0661. The van der Waals surface area contributed by atoms with Crippen molar-refractivity contribution in [2.75, 3.05) is 36.4 Å². The Morgan fingerprint density at radius 1 is 1.24 bits per heavy atom. The summed E-state index contributed by atoms with van der Waals surface area (Å²) in [5.74, 6) is 0.674. The second-order valence-corrected chi connectivity index (χ2v) is 6.87. The summed E-state index contributed by atoms with van der Waals surface area (Å²) in [5.41, 5.74) is 0.543. The predicted octanol–water partition coefficient (Wildman–Crippen LogP) is 1.52. The van der Waals surface area contributed by atoms with E-state index < -0.39 is 0 Å². The van der Waals surface area contributed by atoms with Crippen molar-refractivity contribution < 1.29 is 9.69 Å². The van der Waals surface area contributed by atoms with Crippen LogP contribution < -0.4 is 15.1 Å². The minimum atomic E-state index is -0.186. The molecule has 1 saturated heterocycles. The van der Waals surface area contributed by atoms with Gasteiger partial charge in [-0.25, -0.2) is 9.97 Å². The Bertz CT molecular complexity index is 735. The molecule has 2 heterocycles. The molecule has 0 bridgehead atoms.